The average Bonchev–Trinajstić information content (AvgIpc) is 2.75. The van der Waals surface area contributed by atoms with E-state index in [2.05, 4.69) is 17.2 Å². The van der Waals surface area contributed by atoms with Crippen molar-refractivity contribution >= 4 is 42.1 Å². The van der Waals surface area contributed by atoms with Crippen LogP contribution in [0.5, 0.6) is 0 Å². The van der Waals surface area contributed by atoms with Gasteiger partial charge in [0.25, 0.3) is 0 Å². The van der Waals surface area contributed by atoms with Gasteiger partial charge in [-0.3, -0.25) is 4.79 Å². The number of carbonyl (C=O) groups excluding carboxylic acids is 1. The third-order valence-electron chi connectivity index (χ3n) is 3.69. The van der Waals surface area contributed by atoms with Gasteiger partial charge >= 0.3 is 0 Å². The fourth-order valence-electron chi connectivity index (χ4n) is 2.46. The molecule has 1 aliphatic heterocycles. The number of amides is 1. The van der Waals surface area contributed by atoms with Crippen molar-refractivity contribution in [1.29, 1.82) is 0 Å². The van der Waals surface area contributed by atoms with Crippen LogP contribution in [0.2, 0.25) is 0 Å². The van der Waals surface area contributed by atoms with Crippen LogP contribution in [0, 0.1) is 12.3 Å². The number of hydrogen-bond acceptors (Lipinski definition) is 4. The van der Waals surface area contributed by atoms with E-state index in [-0.39, 0.29) is 36.1 Å². The molecule has 1 saturated heterocycles. The zero-order valence-electron chi connectivity index (χ0n) is 12.1. The van der Waals surface area contributed by atoms with E-state index in [4.69, 9.17) is 0 Å². The number of halogens is 2. The number of thiazole rings is 1. The van der Waals surface area contributed by atoms with Crippen molar-refractivity contribution in [2.45, 2.75) is 33.2 Å². The third kappa shape index (κ3) is 4.32. The number of carbonyl (C=O) groups is 1. The molecule has 7 heteroatoms. The summed E-state index contributed by atoms with van der Waals surface area (Å²) in [5, 5.41) is 3.32. The van der Waals surface area contributed by atoms with Gasteiger partial charge in [0.1, 0.15) is 0 Å². The van der Waals surface area contributed by atoms with Gasteiger partial charge in [-0.2, -0.15) is 0 Å². The summed E-state index contributed by atoms with van der Waals surface area (Å²) in [5.41, 5.74) is 2.63. The fraction of sp³-hybridized carbons (Fsp3) is 0.692. The molecule has 0 bridgehead atoms. The van der Waals surface area contributed by atoms with E-state index in [1.54, 1.807) is 11.3 Å². The van der Waals surface area contributed by atoms with Crippen LogP contribution in [-0.4, -0.2) is 35.9 Å². The van der Waals surface area contributed by atoms with Crippen LogP contribution in [0.15, 0.2) is 5.51 Å². The van der Waals surface area contributed by atoms with Crippen molar-refractivity contribution in [3.8, 4) is 0 Å². The molecule has 4 nitrogen and oxygen atoms in total. The Hall–Kier alpha value is -0.360. The van der Waals surface area contributed by atoms with Gasteiger partial charge in [-0.05, 0) is 33.2 Å². The highest BCUT2D eigenvalue weighted by Gasteiger charge is 2.36. The van der Waals surface area contributed by atoms with E-state index in [0.29, 0.717) is 6.54 Å². The monoisotopic (exact) mass is 339 g/mol. The first-order chi connectivity index (χ1) is 8.53. The summed E-state index contributed by atoms with van der Waals surface area (Å²) in [6, 6.07) is 0. The second-order valence-corrected chi connectivity index (χ2v) is 6.30. The molecule has 1 fully saturated rings. The normalized spacial score (nSPS) is 21.6. The van der Waals surface area contributed by atoms with Crippen LogP contribution in [-0.2, 0) is 11.3 Å². The Kier molecular flexibility index (Phi) is 8.03. The van der Waals surface area contributed by atoms with E-state index < -0.39 is 0 Å². The van der Waals surface area contributed by atoms with E-state index in [1.807, 2.05) is 24.4 Å². The summed E-state index contributed by atoms with van der Waals surface area (Å²) in [4.78, 5) is 19.8. The molecule has 1 aromatic rings. The molecule has 1 N–H and O–H groups in total. The molecule has 1 aliphatic rings. The predicted octanol–water partition coefficient (Wildman–Crippen LogP) is 2.64. The van der Waals surface area contributed by atoms with E-state index in [1.165, 1.54) is 4.88 Å². The molecule has 1 atom stereocenters. The summed E-state index contributed by atoms with van der Waals surface area (Å²) in [5.74, 6) is 0.238. The average molecular weight is 340 g/mol. The first kappa shape index (κ1) is 19.6. The number of piperidine rings is 1. The zero-order valence-corrected chi connectivity index (χ0v) is 14.6. The zero-order chi connectivity index (χ0) is 13.2. The summed E-state index contributed by atoms with van der Waals surface area (Å²) >= 11 is 1.62. The van der Waals surface area contributed by atoms with Crippen LogP contribution < -0.4 is 5.32 Å². The minimum absolute atomic E-state index is 0. The van der Waals surface area contributed by atoms with Crippen molar-refractivity contribution in [2.75, 3.05) is 20.1 Å². The number of aryl methyl sites for hydroxylation is 1. The summed E-state index contributed by atoms with van der Waals surface area (Å²) in [6.45, 7) is 6.55. The molecule has 1 unspecified atom stereocenters. The maximum absolute atomic E-state index is 12.5. The number of nitrogens with zero attached hydrogens (tertiary/aromatic N) is 2. The van der Waals surface area contributed by atoms with Gasteiger partial charge in [0.15, 0.2) is 0 Å². The Morgan fingerprint density at radius 3 is 2.75 bits per heavy atom. The fourth-order valence-corrected chi connectivity index (χ4v) is 3.29. The second kappa shape index (κ2) is 8.17. The third-order valence-corrected chi connectivity index (χ3v) is 4.61. The van der Waals surface area contributed by atoms with E-state index in [9.17, 15) is 4.79 Å². The van der Waals surface area contributed by atoms with Crippen LogP contribution in [0.4, 0.5) is 0 Å². The Labute approximate surface area is 137 Å². The van der Waals surface area contributed by atoms with Gasteiger partial charge in [0, 0.05) is 18.5 Å². The minimum atomic E-state index is -0.244. The van der Waals surface area contributed by atoms with Crippen LogP contribution in [0.25, 0.3) is 0 Å². The molecule has 0 aromatic carbocycles. The van der Waals surface area contributed by atoms with Gasteiger partial charge in [-0.1, -0.05) is 0 Å². The number of nitrogens with one attached hydrogen (secondary N) is 1. The molecule has 0 radical (unpaired) electrons. The highest BCUT2D eigenvalue weighted by Crippen LogP contribution is 2.28. The van der Waals surface area contributed by atoms with E-state index >= 15 is 0 Å². The molecular formula is C13H23Cl2N3OS. The van der Waals surface area contributed by atoms with Gasteiger partial charge in [-0.25, -0.2) is 4.98 Å². The van der Waals surface area contributed by atoms with Crippen molar-refractivity contribution in [3.63, 3.8) is 0 Å². The molecule has 0 aliphatic carbocycles. The highest BCUT2D eigenvalue weighted by molar-refractivity contribution is 7.09. The lowest BCUT2D eigenvalue weighted by molar-refractivity contribution is -0.141. The van der Waals surface area contributed by atoms with Crippen LogP contribution >= 0.6 is 36.2 Å². The second-order valence-electron chi connectivity index (χ2n) is 5.36. The first-order valence-corrected chi connectivity index (χ1v) is 7.26. The molecule has 116 valence electrons. The molecule has 2 heterocycles. The van der Waals surface area contributed by atoms with Crippen LogP contribution in [0.1, 0.15) is 30.3 Å². The molecular weight excluding hydrogens is 317 g/mol. The summed E-state index contributed by atoms with van der Waals surface area (Å²) in [7, 11) is 1.89. The maximum Gasteiger partial charge on any atom is 0.229 e. The SMILES string of the molecule is Cc1ncsc1CN(C)C(=O)C1(C)CCCNC1.Cl.Cl. The molecule has 1 amide bonds. The Morgan fingerprint density at radius 2 is 2.25 bits per heavy atom. The van der Waals surface area contributed by atoms with Gasteiger partial charge in [0.05, 0.1) is 23.2 Å². The lowest BCUT2D eigenvalue weighted by atomic mass is 9.81. The Balaban J connectivity index is 0.00000180. The van der Waals surface area contributed by atoms with E-state index in [0.717, 1.165) is 31.6 Å². The first-order valence-electron chi connectivity index (χ1n) is 6.38. The lowest BCUT2D eigenvalue weighted by Gasteiger charge is -2.36. The lowest BCUT2D eigenvalue weighted by Crippen LogP contribution is -2.48. The van der Waals surface area contributed by atoms with Crippen molar-refractivity contribution in [1.82, 2.24) is 15.2 Å². The molecule has 2 rings (SSSR count). The van der Waals surface area contributed by atoms with Crippen molar-refractivity contribution < 1.29 is 4.79 Å². The van der Waals surface area contributed by atoms with Crippen LogP contribution in [0.3, 0.4) is 0 Å². The standard InChI is InChI=1S/C13H21N3OS.2ClH/c1-10-11(18-9-15-10)7-16(3)12(17)13(2)5-4-6-14-8-13;;/h9,14H,4-8H2,1-3H3;2*1H. The summed E-state index contributed by atoms with van der Waals surface area (Å²) < 4.78 is 0. The highest BCUT2D eigenvalue weighted by atomic mass is 35.5. The maximum atomic E-state index is 12.5. The van der Waals surface area contributed by atoms with Crippen molar-refractivity contribution in [2.24, 2.45) is 5.41 Å². The smallest absolute Gasteiger partial charge is 0.229 e. The molecule has 20 heavy (non-hydrogen) atoms. The number of rotatable bonds is 3. The molecule has 1 aromatic heterocycles. The summed E-state index contributed by atoms with van der Waals surface area (Å²) in [6.07, 6.45) is 2.06. The van der Waals surface area contributed by atoms with Crippen molar-refractivity contribution in [3.05, 3.63) is 16.1 Å². The Bertz CT molecular complexity index is 433. The Morgan fingerprint density at radius 1 is 1.55 bits per heavy atom. The molecule has 0 spiro atoms. The largest absolute Gasteiger partial charge is 0.340 e. The minimum Gasteiger partial charge on any atom is -0.340 e. The molecule has 0 saturated carbocycles. The van der Waals surface area contributed by atoms with Gasteiger partial charge in [-0.15, -0.1) is 36.2 Å². The predicted molar refractivity (Wildman–Crippen MR) is 88.0 cm³/mol. The van der Waals surface area contributed by atoms with Gasteiger partial charge in [0.2, 0.25) is 5.91 Å². The number of hydrogen-bond donors (Lipinski definition) is 1. The number of aromatic nitrogens is 1. The topological polar surface area (TPSA) is 45.2 Å². The quantitative estimate of drug-likeness (QED) is 0.920. The van der Waals surface area contributed by atoms with Gasteiger partial charge < -0.3 is 10.2 Å².